The highest BCUT2D eigenvalue weighted by Gasteiger charge is 2.19. The van der Waals surface area contributed by atoms with E-state index in [0.29, 0.717) is 0 Å². The summed E-state index contributed by atoms with van der Waals surface area (Å²) in [6.07, 6.45) is 0. The van der Waals surface area contributed by atoms with Crippen LogP contribution in [0, 0.1) is 11.6 Å². The third-order valence-corrected chi connectivity index (χ3v) is 3.35. The van der Waals surface area contributed by atoms with E-state index < -0.39 is 17.6 Å². The molecule has 0 atom stereocenters. The second-order valence-corrected chi connectivity index (χ2v) is 4.59. The van der Waals surface area contributed by atoms with E-state index in [1.54, 1.807) is 0 Å². The Labute approximate surface area is 111 Å². The monoisotopic (exact) mass is 285 g/mol. The van der Waals surface area contributed by atoms with Crippen molar-refractivity contribution < 1.29 is 18.7 Å². The van der Waals surface area contributed by atoms with Crippen LogP contribution in [-0.4, -0.2) is 31.6 Å². The topological polar surface area (TPSA) is 68.0 Å². The lowest BCUT2D eigenvalue weighted by Crippen LogP contribution is -2.02. The normalized spacial score (nSPS) is 10.7. The number of thioether (sulfide) groups is 1. The van der Waals surface area contributed by atoms with E-state index in [1.165, 1.54) is 17.7 Å². The van der Waals surface area contributed by atoms with E-state index in [0.717, 1.165) is 23.9 Å². The van der Waals surface area contributed by atoms with Crippen molar-refractivity contribution in [3.63, 3.8) is 0 Å². The van der Waals surface area contributed by atoms with Crippen molar-refractivity contribution in [1.29, 1.82) is 0 Å². The van der Waals surface area contributed by atoms with Crippen LogP contribution in [0.5, 0.6) is 0 Å². The molecule has 0 spiro atoms. The molecule has 5 nitrogen and oxygen atoms in total. The average Bonchev–Trinajstić information content (AvgIpc) is 2.68. The Morgan fingerprint density at radius 2 is 2.00 bits per heavy atom. The summed E-state index contributed by atoms with van der Waals surface area (Å²) in [5, 5.41) is 16.3. The Bertz CT molecular complexity index is 610. The smallest absolute Gasteiger partial charge is 0.313 e. The molecule has 0 fully saturated rings. The van der Waals surface area contributed by atoms with Crippen LogP contribution < -0.4 is 0 Å². The van der Waals surface area contributed by atoms with Crippen LogP contribution in [-0.2, 0) is 11.8 Å². The molecule has 0 aliphatic heterocycles. The zero-order valence-corrected chi connectivity index (χ0v) is 10.6. The molecule has 1 aromatic carbocycles. The van der Waals surface area contributed by atoms with E-state index in [4.69, 9.17) is 5.11 Å². The van der Waals surface area contributed by atoms with E-state index >= 15 is 0 Å². The summed E-state index contributed by atoms with van der Waals surface area (Å²) in [6.45, 7) is 0. The zero-order valence-electron chi connectivity index (χ0n) is 9.80. The number of rotatable bonds is 4. The molecule has 0 aliphatic carbocycles. The minimum absolute atomic E-state index is 0.0171. The predicted molar refractivity (Wildman–Crippen MR) is 64.7 cm³/mol. The van der Waals surface area contributed by atoms with Gasteiger partial charge in [0.2, 0.25) is 0 Å². The number of carboxylic acid groups (broad SMARTS) is 1. The maximum absolute atomic E-state index is 13.6. The number of carbonyl (C=O) groups is 1. The molecule has 19 heavy (non-hydrogen) atoms. The first kappa shape index (κ1) is 13.5. The minimum atomic E-state index is -1.01. The Morgan fingerprint density at radius 3 is 2.58 bits per heavy atom. The molecule has 2 rings (SSSR count). The van der Waals surface area contributed by atoms with Gasteiger partial charge in [0.25, 0.3) is 0 Å². The van der Waals surface area contributed by atoms with Gasteiger partial charge in [-0.1, -0.05) is 17.8 Å². The summed E-state index contributed by atoms with van der Waals surface area (Å²) >= 11 is 0.927. The first-order valence-corrected chi connectivity index (χ1v) is 6.17. The molecule has 0 unspecified atom stereocenters. The summed E-state index contributed by atoms with van der Waals surface area (Å²) in [7, 11) is 1.52. The minimum Gasteiger partial charge on any atom is -0.481 e. The van der Waals surface area contributed by atoms with Crippen LogP contribution in [0.2, 0.25) is 0 Å². The first-order valence-electron chi connectivity index (χ1n) is 5.19. The van der Waals surface area contributed by atoms with Gasteiger partial charge in [0.1, 0.15) is 11.6 Å². The van der Waals surface area contributed by atoms with Crippen molar-refractivity contribution >= 4 is 17.7 Å². The fourth-order valence-electron chi connectivity index (χ4n) is 1.50. The molecule has 1 heterocycles. The molecule has 1 N–H and O–H groups in total. The number of benzene rings is 1. The number of aromatic nitrogens is 3. The average molecular weight is 285 g/mol. The van der Waals surface area contributed by atoms with Gasteiger partial charge in [0.15, 0.2) is 11.0 Å². The highest BCUT2D eigenvalue weighted by Crippen LogP contribution is 2.26. The number of carboxylic acids is 1. The van der Waals surface area contributed by atoms with Crippen molar-refractivity contribution in [1.82, 2.24) is 14.8 Å². The highest BCUT2D eigenvalue weighted by molar-refractivity contribution is 7.99. The lowest BCUT2D eigenvalue weighted by Gasteiger charge is -2.05. The van der Waals surface area contributed by atoms with Crippen LogP contribution in [0.25, 0.3) is 11.4 Å². The highest BCUT2D eigenvalue weighted by atomic mass is 32.2. The summed E-state index contributed by atoms with van der Waals surface area (Å²) in [4.78, 5) is 10.5. The third kappa shape index (κ3) is 2.73. The largest absolute Gasteiger partial charge is 0.481 e. The second-order valence-electron chi connectivity index (χ2n) is 3.64. The maximum atomic E-state index is 13.6. The Kier molecular flexibility index (Phi) is 3.79. The number of nitrogens with zero attached hydrogens (tertiary/aromatic N) is 3. The molecule has 1 aromatic heterocycles. The van der Waals surface area contributed by atoms with Gasteiger partial charge in [-0.2, -0.15) is 0 Å². The molecule has 0 amide bonds. The van der Waals surface area contributed by atoms with E-state index in [9.17, 15) is 13.6 Å². The van der Waals surface area contributed by atoms with Crippen LogP contribution in [0.15, 0.2) is 23.4 Å². The lowest BCUT2D eigenvalue weighted by molar-refractivity contribution is -0.133. The summed E-state index contributed by atoms with van der Waals surface area (Å²) < 4.78 is 28.6. The lowest BCUT2D eigenvalue weighted by atomic mass is 10.2. The Balaban J connectivity index is 2.39. The van der Waals surface area contributed by atoms with Gasteiger partial charge in [-0.3, -0.25) is 4.79 Å². The van der Waals surface area contributed by atoms with Gasteiger partial charge in [-0.15, -0.1) is 10.2 Å². The predicted octanol–water partition coefficient (Wildman–Crippen LogP) is 1.94. The summed E-state index contributed by atoms with van der Waals surface area (Å²) in [5.74, 6) is -2.68. The molecule has 0 aliphatic rings. The number of aliphatic carboxylic acids is 1. The van der Waals surface area contributed by atoms with Gasteiger partial charge in [-0.25, -0.2) is 8.78 Å². The van der Waals surface area contributed by atoms with Crippen LogP contribution in [0.1, 0.15) is 0 Å². The van der Waals surface area contributed by atoms with Crippen LogP contribution in [0.4, 0.5) is 8.78 Å². The SMILES string of the molecule is Cn1c(SCC(=O)O)nnc1-c1c(F)cccc1F. The first-order chi connectivity index (χ1) is 9.00. The van der Waals surface area contributed by atoms with Gasteiger partial charge < -0.3 is 9.67 Å². The number of halogens is 2. The van der Waals surface area contributed by atoms with Gasteiger partial charge in [0, 0.05) is 7.05 Å². The molecule has 0 saturated carbocycles. The van der Waals surface area contributed by atoms with E-state index in [-0.39, 0.29) is 22.3 Å². The molecule has 0 radical (unpaired) electrons. The molecule has 2 aromatic rings. The van der Waals surface area contributed by atoms with Gasteiger partial charge in [-0.05, 0) is 12.1 Å². The van der Waals surface area contributed by atoms with Crippen molar-refractivity contribution in [2.45, 2.75) is 5.16 Å². The molecule has 8 heteroatoms. The molecule has 0 bridgehead atoms. The number of hydrogen-bond donors (Lipinski definition) is 1. The van der Waals surface area contributed by atoms with Crippen molar-refractivity contribution in [2.24, 2.45) is 7.05 Å². The second kappa shape index (κ2) is 5.35. The third-order valence-electron chi connectivity index (χ3n) is 2.35. The molecule has 0 saturated heterocycles. The summed E-state index contributed by atoms with van der Waals surface area (Å²) in [5.41, 5.74) is -0.278. The van der Waals surface area contributed by atoms with E-state index in [1.807, 2.05) is 0 Å². The quantitative estimate of drug-likeness (QED) is 0.869. The standard InChI is InChI=1S/C11H9F2N3O2S/c1-16-10(9-6(12)3-2-4-7(9)13)14-15-11(16)19-5-8(17)18/h2-4H,5H2,1H3,(H,17,18). The zero-order chi connectivity index (χ0) is 14.0. The Morgan fingerprint density at radius 1 is 1.37 bits per heavy atom. The van der Waals surface area contributed by atoms with Crippen molar-refractivity contribution in [2.75, 3.05) is 5.75 Å². The van der Waals surface area contributed by atoms with Gasteiger partial charge in [0.05, 0.1) is 11.3 Å². The van der Waals surface area contributed by atoms with Crippen molar-refractivity contribution in [3.05, 3.63) is 29.8 Å². The summed E-state index contributed by atoms with van der Waals surface area (Å²) in [6, 6.07) is 3.50. The molecular weight excluding hydrogens is 276 g/mol. The van der Waals surface area contributed by atoms with E-state index in [2.05, 4.69) is 10.2 Å². The number of hydrogen-bond acceptors (Lipinski definition) is 4. The fourth-order valence-corrected chi connectivity index (χ4v) is 2.13. The Hall–Kier alpha value is -1.96. The van der Waals surface area contributed by atoms with Crippen molar-refractivity contribution in [3.8, 4) is 11.4 Å². The van der Waals surface area contributed by atoms with Crippen LogP contribution in [0.3, 0.4) is 0 Å². The van der Waals surface area contributed by atoms with Crippen LogP contribution >= 0.6 is 11.8 Å². The van der Waals surface area contributed by atoms with Gasteiger partial charge >= 0.3 is 5.97 Å². The molecular formula is C11H9F2N3O2S. The fraction of sp³-hybridized carbons (Fsp3) is 0.182. The molecule has 100 valence electrons. The maximum Gasteiger partial charge on any atom is 0.313 e.